The number of hydrogen-bond acceptors (Lipinski definition) is 5. The zero-order chi connectivity index (χ0) is 19.5. The molecule has 2 heterocycles. The molecule has 1 aromatic heterocycles. The number of carbonyl (C=O) groups excluding carboxylic acids is 1. The second-order valence-electron chi connectivity index (χ2n) is 6.41. The molecule has 1 fully saturated rings. The van der Waals surface area contributed by atoms with Crippen LogP contribution in [0.1, 0.15) is 10.5 Å². The van der Waals surface area contributed by atoms with Crippen molar-refractivity contribution in [1.82, 2.24) is 20.3 Å². The highest BCUT2D eigenvalue weighted by Crippen LogP contribution is 2.22. The third kappa shape index (κ3) is 3.91. The zero-order valence-corrected chi connectivity index (χ0v) is 15.7. The van der Waals surface area contributed by atoms with Crippen molar-refractivity contribution in [2.75, 3.05) is 36.4 Å². The number of nitrogens with one attached hydrogen (secondary N) is 2. The van der Waals surface area contributed by atoms with Crippen LogP contribution in [-0.4, -0.2) is 52.4 Å². The number of H-pyrrole nitrogens is 1. The molecule has 1 aliphatic heterocycles. The fraction of sp³-hybridized carbons (Fsp3) is 0.211. The highest BCUT2D eigenvalue weighted by Gasteiger charge is 2.26. The van der Waals surface area contributed by atoms with Crippen molar-refractivity contribution >= 4 is 34.7 Å². The molecule has 0 spiro atoms. The van der Waals surface area contributed by atoms with E-state index in [0.717, 1.165) is 11.4 Å². The summed E-state index contributed by atoms with van der Waals surface area (Å²) in [5.74, 6) is -0.103. The summed E-state index contributed by atoms with van der Waals surface area (Å²) in [5, 5.41) is 14.2. The minimum atomic E-state index is -0.261. The summed E-state index contributed by atoms with van der Waals surface area (Å²) in [6.07, 6.45) is 0. The molecule has 0 atom stereocenters. The first-order chi connectivity index (χ1) is 13.6. The van der Waals surface area contributed by atoms with Crippen LogP contribution in [0.4, 0.5) is 21.6 Å². The Morgan fingerprint density at radius 1 is 1.07 bits per heavy atom. The van der Waals surface area contributed by atoms with Crippen LogP contribution in [0, 0.1) is 5.82 Å². The Hall–Kier alpha value is -3.13. The molecular formula is C19H18ClFN6O. The lowest BCUT2D eigenvalue weighted by Gasteiger charge is -2.35. The normalized spacial score (nSPS) is 14.2. The largest absolute Gasteiger partial charge is 0.368 e. The van der Waals surface area contributed by atoms with Gasteiger partial charge < -0.3 is 15.1 Å². The third-order valence-corrected chi connectivity index (χ3v) is 4.83. The fourth-order valence-electron chi connectivity index (χ4n) is 3.14. The van der Waals surface area contributed by atoms with Gasteiger partial charge in [0.15, 0.2) is 11.5 Å². The molecule has 1 amide bonds. The average Bonchev–Trinajstić information content (AvgIpc) is 3.16. The maximum absolute atomic E-state index is 13.1. The number of anilines is 3. The first-order valence-electron chi connectivity index (χ1n) is 8.83. The van der Waals surface area contributed by atoms with Gasteiger partial charge in [0.25, 0.3) is 5.91 Å². The van der Waals surface area contributed by atoms with E-state index in [9.17, 15) is 9.18 Å². The van der Waals surface area contributed by atoms with Crippen molar-refractivity contribution in [1.29, 1.82) is 0 Å². The highest BCUT2D eigenvalue weighted by atomic mass is 35.5. The van der Waals surface area contributed by atoms with Gasteiger partial charge in [0, 0.05) is 42.6 Å². The Bertz CT molecular complexity index is 969. The van der Waals surface area contributed by atoms with E-state index in [1.165, 1.54) is 12.1 Å². The summed E-state index contributed by atoms with van der Waals surface area (Å²) in [4.78, 5) is 16.8. The van der Waals surface area contributed by atoms with Gasteiger partial charge in [-0.3, -0.25) is 4.79 Å². The van der Waals surface area contributed by atoms with E-state index < -0.39 is 0 Å². The summed E-state index contributed by atoms with van der Waals surface area (Å²) in [6.45, 7) is 2.40. The van der Waals surface area contributed by atoms with Crippen LogP contribution in [0.15, 0.2) is 48.5 Å². The van der Waals surface area contributed by atoms with Crippen molar-refractivity contribution in [3.05, 3.63) is 65.1 Å². The predicted molar refractivity (Wildman–Crippen MR) is 106 cm³/mol. The maximum Gasteiger partial charge on any atom is 0.278 e. The molecule has 2 N–H and O–H groups in total. The summed E-state index contributed by atoms with van der Waals surface area (Å²) in [5.41, 5.74) is 1.89. The van der Waals surface area contributed by atoms with Crippen LogP contribution >= 0.6 is 11.6 Å². The standard InChI is InChI=1S/C19H18ClFN6O/c20-13-2-1-3-15(12-13)22-18-17(23-25-24-18)19(28)27-10-8-26(9-11-27)16-6-4-14(21)5-7-16/h1-7,12H,8-11H2,(H2,22,23,24,25). The smallest absolute Gasteiger partial charge is 0.278 e. The summed E-state index contributed by atoms with van der Waals surface area (Å²) in [7, 11) is 0. The monoisotopic (exact) mass is 400 g/mol. The molecule has 144 valence electrons. The van der Waals surface area contributed by atoms with Gasteiger partial charge in [0.05, 0.1) is 0 Å². The Morgan fingerprint density at radius 2 is 1.82 bits per heavy atom. The number of nitrogens with zero attached hydrogens (tertiary/aromatic N) is 4. The number of amides is 1. The molecule has 0 radical (unpaired) electrons. The summed E-state index contributed by atoms with van der Waals surface area (Å²) in [6, 6.07) is 13.5. The van der Waals surface area contributed by atoms with Crippen molar-refractivity contribution in [3.8, 4) is 0 Å². The van der Waals surface area contributed by atoms with Gasteiger partial charge in [-0.2, -0.15) is 5.21 Å². The molecule has 4 rings (SSSR count). The number of carbonyl (C=O) groups is 1. The van der Waals surface area contributed by atoms with E-state index in [1.807, 2.05) is 6.07 Å². The first-order valence-corrected chi connectivity index (χ1v) is 9.21. The number of benzene rings is 2. The first kappa shape index (κ1) is 18.2. The van der Waals surface area contributed by atoms with E-state index in [1.54, 1.807) is 35.2 Å². The van der Waals surface area contributed by atoms with Gasteiger partial charge >= 0.3 is 0 Å². The Morgan fingerprint density at radius 3 is 2.54 bits per heavy atom. The van der Waals surface area contributed by atoms with Gasteiger partial charge in [-0.25, -0.2) is 4.39 Å². The SMILES string of the molecule is O=C(c1n[nH]nc1Nc1cccc(Cl)c1)N1CCN(c2ccc(F)cc2)CC1. The van der Waals surface area contributed by atoms with Crippen LogP contribution < -0.4 is 10.2 Å². The molecule has 2 aromatic carbocycles. The van der Waals surface area contributed by atoms with Gasteiger partial charge in [-0.15, -0.1) is 10.2 Å². The van der Waals surface area contributed by atoms with E-state index in [4.69, 9.17) is 11.6 Å². The van der Waals surface area contributed by atoms with E-state index in [-0.39, 0.29) is 17.4 Å². The number of rotatable bonds is 4. The Balaban J connectivity index is 1.42. The highest BCUT2D eigenvalue weighted by molar-refractivity contribution is 6.30. The summed E-state index contributed by atoms with van der Waals surface area (Å²) >= 11 is 6.00. The molecule has 0 unspecified atom stereocenters. The average molecular weight is 401 g/mol. The molecule has 1 saturated heterocycles. The number of piperazine rings is 1. The van der Waals surface area contributed by atoms with Crippen LogP contribution in [0.3, 0.4) is 0 Å². The Kier molecular flexibility index (Phi) is 5.12. The molecule has 1 aliphatic rings. The second kappa shape index (κ2) is 7.85. The second-order valence-corrected chi connectivity index (χ2v) is 6.85. The van der Waals surface area contributed by atoms with Crippen molar-refractivity contribution in [2.24, 2.45) is 0 Å². The number of aromatic nitrogens is 3. The van der Waals surface area contributed by atoms with Gasteiger partial charge in [0.2, 0.25) is 0 Å². The van der Waals surface area contributed by atoms with Gasteiger partial charge in [-0.05, 0) is 42.5 Å². The quantitative estimate of drug-likeness (QED) is 0.702. The molecule has 28 heavy (non-hydrogen) atoms. The van der Waals surface area contributed by atoms with Gasteiger partial charge in [0.1, 0.15) is 5.82 Å². The van der Waals surface area contributed by atoms with E-state index in [2.05, 4.69) is 25.6 Å². The lowest BCUT2D eigenvalue weighted by molar-refractivity contribution is 0.0742. The minimum absolute atomic E-state index is 0.197. The maximum atomic E-state index is 13.1. The number of aromatic amines is 1. The fourth-order valence-corrected chi connectivity index (χ4v) is 3.33. The van der Waals surface area contributed by atoms with Crippen molar-refractivity contribution < 1.29 is 9.18 Å². The summed E-state index contributed by atoms with van der Waals surface area (Å²) < 4.78 is 13.1. The lowest BCUT2D eigenvalue weighted by Crippen LogP contribution is -2.49. The molecule has 0 aliphatic carbocycles. The van der Waals surface area contributed by atoms with Crippen molar-refractivity contribution in [3.63, 3.8) is 0 Å². The molecular weight excluding hydrogens is 383 g/mol. The van der Waals surface area contributed by atoms with E-state index in [0.29, 0.717) is 37.0 Å². The van der Waals surface area contributed by atoms with Crippen molar-refractivity contribution in [2.45, 2.75) is 0 Å². The van der Waals surface area contributed by atoms with Crippen LogP contribution in [0.5, 0.6) is 0 Å². The zero-order valence-electron chi connectivity index (χ0n) is 14.9. The predicted octanol–water partition coefficient (Wildman–Crippen LogP) is 3.30. The molecule has 0 saturated carbocycles. The van der Waals surface area contributed by atoms with Crippen LogP contribution in [0.25, 0.3) is 0 Å². The Labute approximate surface area is 166 Å². The topological polar surface area (TPSA) is 77.1 Å². The van der Waals surface area contributed by atoms with Crippen LogP contribution in [0.2, 0.25) is 5.02 Å². The number of hydrogen-bond donors (Lipinski definition) is 2. The molecule has 3 aromatic rings. The van der Waals surface area contributed by atoms with Crippen LogP contribution in [-0.2, 0) is 0 Å². The van der Waals surface area contributed by atoms with Gasteiger partial charge in [-0.1, -0.05) is 17.7 Å². The molecule has 0 bridgehead atoms. The minimum Gasteiger partial charge on any atom is -0.368 e. The lowest BCUT2D eigenvalue weighted by atomic mass is 10.2. The van der Waals surface area contributed by atoms with E-state index >= 15 is 0 Å². The molecule has 7 nitrogen and oxygen atoms in total. The molecule has 9 heteroatoms. The number of halogens is 2. The third-order valence-electron chi connectivity index (χ3n) is 4.60.